The van der Waals surface area contributed by atoms with E-state index in [1.807, 2.05) is 24.3 Å². The van der Waals surface area contributed by atoms with E-state index in [0.717, 1.165) is 10.0 Å². The fourth-order valence-corrected chi connectivity index (χ4v) is 2.47. The van der Waals surface area contributed by atoms with Crippen LogP contribution in [0, 0.1) is 0 Å². The number of carbonyl (C=O) groups excluding carboxylic acids is 1. The Labute approximate surface area is 107 Å². The molecule has 1 aliphatic rings. The minimum absolute atomic E-state index is 0.0858. The molecule has 1 aliphatic heterocycles. The summed E-state index contributed by atoms with van der Waals surface area (Å²) in [6.07, 6.45) is 0.729. The molecule has 0 bridgehead atoms. The quantitative estimate of drug-likeness (QED) is 0.929. The Kier molecular flexibility index (Phi) is 3.47. The molecule has 2 rings (SSSR count). The van der Waals surface area contributed by atoms with Gasteiger partial charge in [-0.25, -0.2) is 4.79 Å². The van der Waals surface area contributed by atoms with Crippen molar-refractivity contribution in [3.63, 3.8) is 0 Å². The molecule has 4 nitrogen and oxygen atoms in total. The van der Waals surface area contributed by atoms with Crippen molar-refractivity contribution in [3.8, 4) is 0 Å². The van der Waals surface area contributed by atoms with Gasteiger partial charge in [-0.1, -0.05) is 28.1 Å². The molecule has 17 heavy (non-hydrogen) atoms. The van der Waals surface area contributed by atoms with Crippen LogP contribution in [-0.2, 0) is 16.1 Å². The fourth-order valence-electron chi connectivity index (χ4n) is 2.02. The topological polar surface area (TPSA) is 57.6 Å². The molecule has 0 aliphatic carbocycles. The van der Waals surface area contributed by atoms with Crippen LogP contribution in [0.15, 0.2) is 28.7 Å². The van der Waals surface area contributed by atoms with Gasteiger partial charge in [0.05, 0.1) is 0 Å². The maximum atomic E-state index is 11.6. The van der Waals surface area contributed by atoms with Crippen molar-refractivity contribution >= 4 is 27.8 Å². The number of hydrogen-bond acceptors (Lipinski definition) is 2. The standard InChI is InChI=1S/C12H12BrNO3/c13-9-3-1-2-8(6-9)7-14-10(12(16)17)4-5-11(14)15/h1-3,6,10H,4-5,7H2,(H,16,17)/t10-/m0/s1. The number of carboxylic acids is 1. The summed E-state index contributed by atoms with van der Waals surface area (Å²) in [4.78, 5) is 24.1. The molecule has 1 atom stereocenters. The van der Waals surface area contributed by atoms with E-state index in [4.69, 9.17) is 5.11 Å². The number of nitrogens with zero attached hydrogens (tertiary/aromatic N) is 1. The van der Waals surface area contributed by atoms with Crippen LogP contribution < -0.4 is 0 Å². The van der Waals surface area contributed by atoms with Crippen molar-refractivity contribution in [2.75, 3.05) is 0 Å². The molecule has 1 aromatic carbocycles. The number of amides is 1. The van der Waals surface area contributed by atoms with Crippen molar-refractivity contribution < 1.29 is 14.7 Å². The molecule has 1 N–H and O–H groups in total. The van der Waals surface area contributed by atoms with Crippen molar-refractivity contribution in [3.05, 3.63) is 34.3 Å². The fraction of sp³-hybridized carbons (Fsp3) is 0.333. The summed E-state index contributed by atoms with van der Waals surface area (Å²) in [5.41, 5.74) is 0.931. The minimum Gasteiger partial charge on any atom is -0.480 e. The summed E-state index contributed by atoms with van der Waals surface area (Å²) in [6, 6.07) is 6.86. The van der Waals surface area contributed by atoms with Gasteiger partial charge in [-0.3, -0.25) is 4.79 Å². The van der Waals surface area contributed by atoms with E-state index in [-0.39, 0.29) is 5.91 Å². The lowest BCUT2D eigenvalue weighted by Gasteiger charge is -2.21. The van der Waals surface area contributed by atoms with Crippen LogP contribution in [0.1, 0.15) is 18.4 Å². The summed E-state index contributed by atoms with van der Waals surface area (Å²) in [6.45, 7) is 0.356. The SMILES string of the molecule is O=C(O)[C@@H]1CCC(=O)N1Cc1cccc(Br)c1. The molecule has 1 amide bonds. The molecule has 0 unspecified atom stereocenters. The summed E-state index contributed by atoms with van der Waals surface area (Å²) >= 11 is 3.35. The number of benzene rings is 1. The van der Waals surface area contributed by atoms with Crippen molar-refractivity contribution in [2.24, 2.45) is 0 Å². The van der Waals surface area contributed by atoms with Crippen LogP contribution >= 0.6 is 15.9 Å². The van der Waals surface area contributed by atoms with Crippen LogP contribution in [0.3, 0.4) is 0 Å². The molecule has 0 radical (unpaired) electrons. The lowest BCUT2D eigenvalue weighted by molar-refractivity contribution is -0.146. The molecule has 1 saturated heterocycles. The van der Waals surface area contributed by atoms with Crippen LogP contribution in [0.25, 0.3) is 0 Å². The van der Waals surface area contributed by atoms with Crippen molar-refractivity contribution in [1.29, 1.82) is 0 Å². The van der Waals surface area contributed by atoms with Gasteiger partial charge in [0.15, 0.2) is 0 Å². The number of aliphatic carboxylic acids is 1. The zero-order valence-corrected chi connectivity index (χ0v) is 10.7. The number of likely N-dealkylation sites (tertiary alicyclic amines) is 1. The van der Waals surface area contributed by atoms with Crippen LogP contribution in [0.2, 0.25) is 0 Å². The molecule has 0 saturated carbocycles. The van der Waals surface area contributed by atoms with Crippen molar-refractivity contribution in [1.82, 2.24) is 4.90 Å². The molecule has 1 aromatic rings. The van der Waals surface area contributed by atoms with E-state index < -0.39 is 12.0 Å². The first-order chi connectivity index (χ1) is 8.08. The predicted molar refractivity (Wildman–Crippen MR) is 65.3 cm³/mol. The lowest BCUT2D eigenvalue weighted by atomic mass is 10.2. The largest absolute Gasteiger partial charge is 0.480 e. The number of carbonyl (C=O) groups is 2. The molecule has 1 fully saturated rings. The normalized spacial score (nSPS) is 19.7. The minimum atomic E-state index is -0.925. The number of carboxylic acid groups (broad SMARTS) is 1. The van der Waals surface area contributed by atoms with E-state index in [9.17, 15) is 9.59 Å². The van der Waals surface area contributed by atoms with Gasteiger partial charge in [0.1, 0.15) is 6.04 Å². The summed E-state index contributed by atoms with van der Waals surface area (Å²) in [5.74, 6) is -1.01. The van der Waals surface area contributed by atoms with E-state index in [1.54, 1.807) is 0 Å². The summed E-state index contributed by atoms with van der Waals surface area (Å²) in [5, 5.41) is 9.03. The Hall–Kier alpha value is -1.36. The first-order valence-electron chi connectivity index (χ1n) is 5.34. The van der Waals surface area contributed by atoms with Crippen LogP contribution in [0.5, 0.6) is 0 Å². The first kappa shape index (κ1) is 12.1. The third kappa shape index (κ3) is 2.66. The molecular formula is C12H12BrNO3. The Balaban J connectivity index is 2.16. The summed E-state index contributed by atoms with van der Waals surface area (Å²) in [7, 11) is 0. The summed E-state index contributed by atoms with van der Waals surface area (Å²) < 4.78 is 0.925. The van der Waals surface area contributed by atoms with Gasteiger partial charge in [-0.05, 0) is 24.1 Å². The molecule has 1 heterocycles. The maximum Gasteiger partial charge on any atom is 0.326 e. The Bertz CT molecular complexity index is 461. The number of hydrogen-bond donors (Lipinski definition) is 1. The van der Waals surface area contributed by atoms with Crippen LogP contribution in [-0.4, -0.2) is 27.9 Å². The number of rotatable bonds is 3. The third-order valence-electron chi connectivity index (χ3n) is 2.86. The zero-order valence-electron chi connectivity index (χ0n) is 9.10. The van der Waals surface area contributed by atoms with E-state index in [0.29, 0.717) is 19.4 Å². The molecule has 90 valence electrons. The van der Waals surface area contributed by atoms with Gasteiger partial charge >= 0.3 is 5.97 Å². The number of halogens is 1. The van der Waals surface area contributed by atoms with Gasteiger partial charge in [0.2, 0.25) is 5.91 Å². The highest BCUT2D eigenvalue weighted by Gasteiger charge is 2.35. The third-order valence-corrected chi connectivity index (χ3v) is 3.35. The monoisotopic (exact) mass is 297 g/mol. The second-order valence-corrected chi connectivity index (χ2v) is 4.96. The van der Waals surface area contributed by atoms with Gasteiger partial charge in [-0.2, -0.15) is 0 Å². The van der Waals surface area contributed by atoms with E-state index in [2.05, 4.69) is 15.9 Å². The van der Waals surface area contributed by atoms with Gasteiger partial charge < -0.3 is 10.0 Å². The Morgan fingerprint density at radius 1 is 1.53 bits per heavy atom. The zero-order chi connectivity index (χ0) is 12.4. The average molecular weight is 298 g/mol. The highest BCUT2D eigenvalue weighted by atomic mass is 79.9. The smallest absolute Gasteiger partial charge is 0.326 e. The predicted octanol–water partition coefficient (Wildman–Crippen LogP) is 2.02. The Morgan fingerprint density at radius 3 is 2.94 bits per heavy atom. The highest BCUT2D eigenvalue weighted by Crippen LogP contribution is 2.22. The van der Waals surface area contributed by atoms with Gasteiger partial charge in [0.25, 0.3) is 0 Å². The lowest BCUT2D eigenvalue weighted by Crippen LogP contribution is -2.37. The van der Waals surface area contributed by atoms with Gasteiger partial charge in [-0.15, -0.1) is 0 Å². The molecule has 0 aromatic heterocycles. The Morgan fingerprint density at radius 2 is 2.29 bits per heavy atom. The van der Waals surface area contributed by atoms with Crippen molar-refractivity contribution in [2.45, 2.75) is 25.4 Å². The average Bonchev–Trinajstić information content (AvgIpc) is 2.61. The second-order valence-electron chi connectivity index (χ2n) is 4.04. The van der Waals surface area contributed by atoms with Crippen LogP contribution in [0.4, 0.5) is 0 Å². The highest BCUT2D eigenvalue weighted by molar-refractivity contribution is 9.10. The van der Waals surface area contributed by atoms with E-state index in [1.165, 1.54) is 4.90 Å². The van der Waals surface area contributed by atoms with Gasteiger partial charge in [0, 0.05) is 17.4 Å². The van der Waals surface area contributed by atoms with E-state index >= 15 is 0 Å². The molecule has 0 spiro atoms. The second kappa shape index (κ2) is 4.87. The maximum absolute atomic E-state index is 11.6. The molecule has 5 heteroatoms. The first-order valence-corrected chi connectivity index (χ1v) is 6.14. The molecular weight excluding hydrogens is 286 g/mol.